The zero-order valence-electron chi connectivity index (χ0n) is 11.5. The standard InChI is InChI=1S/C16H21NO3/c1-2-3-5-10-14(16(19)20)17-15(18)12-11-13-8-6-4-7-9-13/h2,4,6-9,14H,1,3,5,10-12H2,(H,17,18)(H,19,20)/t14-/m0/s1. The molecule has 0 unspecified atom stereocenters. The van der Waals surface area contributed by atoms with Crippen LogP contribution in [-0.2, 0) is 16.0 Å². The third-order valence-corrected chi connectivity index (χ3v) is 3.02. The zero-order chi connectivity index (χ0) is 14.8. The van der Waals surface area contributed by atoms with Crippen molar-refractivity contribution in [1.29, 1.82) is 0 Å². The van der Waals surface area contributed by atoms with Crippen molar-refractivity contribution in [3.05, 3.63) is 48.6 Å². The van der Waals surface area contributed by atoms with Crippen molar-refractivity contribution in [2.45, 2.75) is 38.1 Å². The zero-order valence-corrected chi connectivity index (χ0v) is 11.5. The summed E-state index contributed by atoms with van der Waals surface area (Å²) in [5.74, 6) is -1.21. The van der Waals surface area contributed by atoms with Gasteiger partial charge in [0.2, 0.25) is 5.91 Å². The molecule has 0 spiro atoms. The highest BCUT2D eigenvalue weighted by Gasteiger charge is 2.18. The Labute approximate surface area is 119 Å². The third kappa shape index (κ3) is 6.18. The molecule has 4 heteroatoms. The second-order valence-corrected chi connectivity index (χ2v) is 4.66. The summed E-state index contributed by atoms with van der Waals surface area (Å²) in [4.78, 5) is 22.8. The monoisotopic (exact) mass is 275 g/mol. The number of hydrogen-bond acceptors (Lipinski definition) is 2. The molecule has 0 radical (unpaired) electrons. The molecule has 108 valence electrons. The quantitative estimate of drug-likeness (QED) is 0.537. The van der Waals surface area contributed by atoms with E-state index in [1.807, 2.05) is 30.3 Å². The van der Waals surface area contributed by atoms with Crippen LogP contribution in [0.25, 0.3) is 0 Å². The van der Waals surface area contributed by atoms with E-state index in [-0.39, 0.29) is 5.91 Å². The Morgan fingerprint density at radius 2 is 2.00 bits per heavy atom. The van der Waals surface area contributed by atoms with Crippen molar-refractivity contribution in [3.63, 3.8) is 0 Å². The van der Waals surface area contributed by atoms with Gasteiger partial charge in [0.15, 0.2) is 0 Å². The van der Waals surface area contributed by atoms with Crippen LogP contribution in [0.3, 0.4) is 0 Å². The van der Waals surface area contributed by atoms with Crippen molar-refractivity contribution < 1.29 is 14.7 Å². The number of amides is 1. The lowest BCUT2D eigenvalue weighted by atomic mass is 10.1. The highest BCUT2D eigenvalue weighted by molar-refractivity contribution is 5.83. The lowest BCUT2D eigenvalue weighted by molar-refractivity contribution is -0.142. The van der Waals surface area contributed by atoms with Crippen LogP contribution in [0.2, 0.25) is 0 Å². The molecule has 1 aromatic rings. The molecule has 20 heavy (non-hydrogen) atoms. The summed E-state index contributed by atoms with van der Waals surface area (Å²) in [5, 5.41) is 11.6. The highest BCUT2D eigenvalue weighted by atomic mass is 16.4. The predicted octanol–water partition coefficient (Wildman–Crippen LogP) is 2.54. The first kappa shape index (κ1) is 16.0. The Morgan fingerprint density at radius 1 is 1.30 bits per heavy atom. The van der Waals surface area contributed by atoms with Crippen LogP contribution in [0.5, 0.6) is 0 Å². The van der Waals surface area contributed by atoms with Gasteiger partial charge in [0.05, 0.1) is 0 Å². The summed E-state index contributed by atoms with van der Waals surface area (Å²) in [5.41, 5.74) is 1.07. The Hall–Kier alpha value is -2.10. The van der Waals surface area contributed by atoms with Gasteiger partial charge in [-0.25, -0.2) is 4.79 Å². The minimum absolute atomic E-state index is 0.222. The molecule has 0 heterocycles. The molecule has 0 bridgehead atoms. The summed E-state index contributed by atoms with van der Waals surface area (Å²) in [6.45, 7) is 3.59. The van der Waals surface area contributed by atoms with Crippen molar-refractivity contribution in [3.8, 4) is 0 Å². The normalized spacial score (nSPS) is 11.6. The molecule has 0 saturated carbocycles. The molecule has 1 rings (SSSR count). The number of aliphatic carboxylic acids is 1. The van der Waals surface area contributed by atoms with Crippen LogP contribution in [0.1, 0.15) is 31.2 Å². The lowest BCUT2D eigenvalue weighted by Gasteiger charge is -2.14. The van der Waals surface area contributed by atoms with Crippen molar-refractivity contribution >= 4 is 11.9 Å². The number of allylic oxidation sites excluding steroid dienone is 1. The smallest absolute Gasteiger partial charge is 0.326 e. The van der Waals surface area contributed by atoms with E-state index in [1.54, 1.807) is 6.08 Å². The average Bonchev–Trinajstić information content (AvgIpc) is 2.45. The van der Waals surface area contributed by atoms with Crippen LogP contribution in [-0.4, -0.2) is 23.0 Å². The molecule has 0 fully saturated rings. The summed E-state index contributed by atoms with van der Waals surface area (Å²) < 4.78 is 0. The Bertz CT molecular complexity index is 442. The first-order valence-electron chi connectivity index (χ1n) is 6.80. The van der Waals surface area contributed by atoms with Crippen molar-refractivity contribution in [1.82, 2.24) is 5.32 Å². The molecule has 0 saturated heterocycles. The topological polar surface area (TPSA) is 66.4 Å². The van der Waals surface area contributed by atoms with Crippen LogP contribution < -0.4 is 5.32 Å². The summed E-state index contributed by atoms with van der Waals surface area (Å²) in [6.07, 6.45) is 4.55. The number of carboxylic acid groups (broad SMARTS) is 1. The van der Waals surface area contributed by atoms with Gasteiger partial charge in [0, 0.05) is 6.42 Å². The molecule has 0 aliphatic heterocycles. The molecule has 0 aliphatic rings. The molecule has 1 atom stereocenters. The van der Waals surface area contributed by atoms with E-state index in [0.29, 0.717) is 25.7 Å². The molecule has 0 aromatic heterocycles. The second-order valence-electron chi connectivity index (χ2n) is 4.66. The van der Waals surface area contributed by atoms with E-state index in [4.69, 9.17) is 5.11 Å². The van der Waals surface area contributed by atoms with E-state index < -0.39 is 12.0 Å². The second kappa shape index (κ2) is 8.91. The third-order valence-electron chi connectivity index (χ3n) is 3.02. The number of aryl methyl sites for hydroxylation is 1. The van der Waals surface area contributed by atoms with Gasteiger partial charge in [-0.05, 0) is 31.2 Å². The minimum Gasteiger partial charge on any atom is -0.480 e. The number of hydrogen-bond donors (Lipinski definition) is 2. The van der Waals surface area contributed by atoms with Gasteiger partial charge >= 0.3 is 5.97 Å². The lowest BCUT2D eigenvalue weighted by Crippen LogP contribution is -2.40. The fraction of sp³-hybridized carbons (Fsp3) is 0.375. The fourth-order valence-electron chi connectivity index (χ4n) is 1.89. The molecule has 1 aromatic carbocycles. The summed E-state index contributed by atoms with van der Waals surface area (Å²) in [7, 11) is 0. The van der Waals surface area contributed by atoms with Crippen molar-refractivity contribution in [2.24, 2.45) is 0 Å². The number of carbonyl (C=O) groups is 2. The molecule has 4 nitrogen and oxygen atoms in total. The van der Waals surface area contributed by atoms with E-state index in [9.17, 15) is 9.59 Å². The van der Waals surface area contributed by atoms with Gasteiger partial charge in [0.25, 0.3) is 0 Å². The van der Waals surface area contributed by atoms with E-state index in [2.05, 4.69) is 11.9 Å². The van der Waals surface area contributed by atoms with Gasteiger partial charge in [-0.1, -0.05) is 36.4 Å². The van der Waals surface area contributed by atoms with Gasteiger partial charge in [-0.2, -0.15) is 0 Å². The maximum atomic E-state index is 11.8. The van der Waals surface area contributed by atoms with E-state index in [1.165, 1.54) is 0 Å². The Kier molecular flexibility index (Phi) is 7.11. The van der Waals surface area contributed by atoms with Gasteiger partial charge < -0.3 is 10.4 Å². The number of benzene rings is 1. The first-order chi connectivity index (χ1) is 9.63. The number of nitrogens with one attached hydrogen (secondary N) is 1. The van der Waals surface area contributed by atoms with E-state index in [0.717, 1.165) is 12.0 Å². The predicted molar refractivity (Wildman–Crippen MR) is 78.4 cm³/mol. The molecule has 1 amide bonds. The Balaban J connectivity index is 2.37. The minimum atomic E-state index is -0.984. The summed E-state index contributed by atoms with van der Waals surface area (Å²) >= 11 is 0. The van der Waals surface area contributed by atoms with Gasteiger partial charge in [-0.15, -0.1) is 6.58 Å². The van der Waals surface area contributed by atoms with Crippen LogP contribution >= 0.6 is 0 Å². The SMILES string of the molecule is C=CCCC[C@H](NC(=O)CCc1ccccc1)C(=O)O. The maximum Gasteiger partial charge on any atom is 0.326 e. The summed E-state index contributed by atoms with van der Waals surface area (Å²) in [6, 6.07) is 8.85. The maximum absolute atomic E-state index is 11.8. The van der Waals surface area contributed by atoms with Crippen LogP contribution in [0, 0.1) is 0 Å². The average molecular weight is 275 g/mol. The molecule has 2 N–H and O–H groups in total. The molecular weight excluding hydrogens is 254 g/mol. The van der Waals surface area contributed by atoms with Gasteiger partial charge in [-0.3, -0.25) is 4.79 Å². The number of carboxylic acids is 1. The number of rotatable bonds is 9. The largest absolute Gasteiger partial charge is 0.480 e. The van der Waals surface area contributed by atoms with Crippen molar-refractivity contribution in [2.75, 3.05) is 0 Å². The highest BCUT2D eigenvalue weighted by Crippen LogP contribution is 2.05. The molecular formula is C16H21NO3. The first-order valence-corrected chi connectivity index (χ1v) is 6.80. The van der Waals surface area contributed by atoms with E-state index >= 15 is 0 Å². The number of carbonyl (C=O) groups excluding carboxylic acids is 1. The fourth-order valence-corrected chi connectivity index (χ4v) is 1.89. The van der Waals surface area contributed by atoms with Crippen LogP contribution in [0.15, 0.2) is 43.0 Å². The number of unbranched alkanes of at least 4 members (excludes halogenated alkanes) is 1. The molecule has 0 aliphatic carbocycles. The Morgan fingerprint density at radius 3 is 2.60 bits per heavy atom. The van der Waals surface area contributed by atoms with Crippen LogP contribution in [0.4, 0.5) is 0 Å². The van der Waals surface area contributed by atoms with Gasteiger partial charge in [0.1, 0.15) is 6.04 Å².